The van der Waals surface area contributed by atoms with E-state index >= 15 is 0 Å². The molecule has 228 valence electrons. The van der Waals surface area contributed by atoms with Gasteiger partial charge in [-0.05, 0) is 68.8 Å². The molecule has 1 aliphatic heterocycles. The van der Waals surface area contributed by atoms with Crippen molar-refractivity contribution >= 4 is 56.9 Å². The molecule has 0 spiro atoms. The molecule has 0 saturated heterocycles. The van der Waals surface area contributed by atoms with Crippen LogP contribution < -0.4 is 24.4 Å². The number of aromatic carboxylic acids is 1. The van der Waals surface area contributed by atoms with Crippen LogP contribution in [0.25, 0.3) is 17.4 Å². The maximum Gasteiger partial charge on any atom is 0.338 e. The van der Waals surface area contributed by atoms with Gasteiger partial charge < -0.3 is 23.7 Å². The lowest BCUT2D eigenvalue weighted by atomic mass is 9.95. The van der Waals surface area contributed by atoms with E-state index in [9.17, 15) is 19.5 Å². The second-order valence-electron chi connectivity index (χ2n) is 9.46. The second kappa shape index (κ2) is 12.8. The Kier molecular flexibility index (Phi) is 9.14. The molecule has 3 heterocycles. The van der Waals surface area contributed by atoms with E-state index in [1.807, 2.05) is 6.92 Å². The number of furan rings is 1. The molecule has 1 aliphatic rings. The summed E-state index contributed by atoms with van der Waals surface area (Å²) in [6.45, 7) is 5.81. The minimum absolute atomic E-state index is 0.0560. The van der Waals surface area contributed by atoms with E-state index in [2.05, 4.69) is 20.9 Å². The number of aromatic nitrogens is 1. The van der Waals surface area contributed by atoms with E-state index in [1.54, 1.807) is 44.2 Å². The highest BCUT2D eigenvalue weighted by Gasteiger charge is 2.35. The number of hydrogen-bond acceptors (Lipinski definition) is 9. The number of halogens is 2. The number of benzene rings is 2. The maximum absolute atomic E-state index is 14.0. The third-order valence-corrected chi connectivity index (χ3v) is 8.77. The van der Waals surface area contributed by atoms with Gasteiger partial charge in [0.15, 0.2) is 16.3 Å². The molecule has 10 nitrogen and oxygen atoms in total. The van der Waals surface area contributed by atoms with E-state index in [4.69, 9.17) is 30.2 Å². The second-order valence-corrected chi connectivity index (χ2v) is 11.7. The minimum atomic E-state index is -1.10. The van der Waals surface area contributed by atoms with Crippen molar-refractivity contribution in [1.29, 1.82) is 0 Å². The summed E-state index contributed by atoms with van der Waals surface area (Å²) in [7, 11) is 1.51. The fraction of sp³-hybridized carbons (Fsp3) is 0.226. The predicted molar refractivity (Wildman–Crippen MR) is 168 cm³/mol. The van der Waals surface area contributed by atoms with Gasteiger partial charge in [-0.15, -0.1) is 0 Å². The molecule has 0 aliphatic carbocycles. The molecule has 0 fully saturated rings. The molecular formula is C31H26BrClN2O8S. The average molecular weight is 702 g/mol. The Bertz CT molecular complexity index is 2010. The summed E-state index contributed by atoms with van der Waals surface area (Å²) in [6.07, 6.45) is 1.57. The number of hydrogen-bond donors (Lipinski definition) is 1. The molecule has 0 unspecified atom stereocenters. The van der Waals surface area contributed by atoms with E-state index in [1.165, 1.54) is 29.9 Å². The van der Waals surface area contributed by atoms with Crippen molar-refractivity contribution in [1.82, 2.24) is 4.57 Å². The molecule has 0 amide bonds. The number of allylic oxidation sites excluding steroid dienone is 1. The molecule has 2 aromatic carbocycles. The largest absolute Gasteiger partial charge is 0.493 e. The Morgan fingerprint density at radius 3 is 2.61 bits per heavy atom. The van der Waals surface area contributed by atoms with Crippen molar-refractivity contribution in [2.24, 2.45) is 4.99 Å². The van der Waals surface area contributed by atoms with Gasteiger partial charge in [0.05, 0.1) is 52.8 Å². The van der Waals surface area contributed by atoms with Crippen LogP contribution in [-0.2, 0) is 9.53 Å². The monoisotopic (exact) mass is 700 g/mol. The van der Waals surface area contributed by atoms with E-state index in [-0.39, 0.29) is 17.7 Å². The fourth-order valence-electron chi connectivity index (χ4n) is 4.83. The summed E-state index contributed by atoms with van der Waals surface area (Å²) in [5, 5.41) is 9.69. The van der Waals surface area contributed by atoms with Crippen LogP contribution in [0.3, 0.4) is 0 Å². The molecule has 1 N–H and O–H groups in total. The highest BCUT2D eigenvalue weighted by molar-refractivity contribution is 9.10. The van der Waals surface area contributed by atoms with Crippen LogP contribution in [0.2, 0.25) is 5.02 Å². The van der Waals surface area contributed by atoms with Crippen LogP contribution in [0.4, 0.5) is 0 Å². The number of fused-ring (bicyclic) bond motifs is 1. The van der Waals surface area contributed by atoms with Crippen molar-refractivity contribution in [2.75, 3.05) is 20.3 Å². The third-order valence-electron chi connectivity index (χ3n) is 6.77. The smallest absolute Gasteiger partial charge is 0.338 e. The van der Waals surface area contributed by atoms with Crippen molar-refractivity contribution in [3.63, 3.8) is 0 Å². The predicted octanol–water partition coefficient (Wildman–Crippen LogP) is 5.58. The Labute approximate surface area is 268 Å². The van der Waals surface area contributed by atoms with Crippen molar-refractivity contribution in [2.45, 2.75) is 26.8 Å². The van der Waals surface area contributed by atoms with Crippen LogP contribution in [0.5, 0.6) is 11.5 Å². The Morgan fingerprint density at radius 2 is 1.93 bits per heavy atom. The number of carbonyl (C=O) groups is 2. The molecule has 5 rings (SSSR count). The van der Waals surface area contributed by atoms with Gasteiger partial charge in [-0.25, -0.2) is 14.6 Å². The molecule has 44 heavy (non-hydrogen) atoms. The standard InChI is InChI=1S/C31H26BrClN2O8S/c1-5-41-24-14-20(32)18(13-23(24)40-4)27-26(30(39)42-6-2)15(3)34-31-35(27)28(36)25(44-31)12-17-8-10-22(43-17)19-11-16(29(37)38)7-9-21(19)33/h7-14,27H,5-6H2,1-4H3,(H,37,38)/b25-12+/t27-/m0/s1. The van der Waals surface area contributed by atoms with Gasteiger partial charge in [-0.2, -0.15) is 0 Å². The molecule has 1 atom stereocenters. The van der Waals surface area contributed by atoms with Gasteiger partial charge in [-0.3, -0.25) is 9.36 Å². The third kappa shape index (κ3) is 5.84. The first-order chi connectivity index (χ1) is 21.1. The van der Waals surface area contributed by atoms with Crippen LogP contribution in [-0.4, -0.2) is 41.9 Å². The number of methoxy groups -OCH3 is 1. The first-order valence-corrected chi connectivity index (χ1v) is 15.4. The van der Waals surface area contributed by atoms with Crippen LogP contribution in [0.15, 0.2) is 72.4 Å². The quantitative estimate of drug-likeness (QED) is 0.224. The lowest BCUT2D eigenvalue weighted by molar-refractivity contribution is -0.139. The lowest BCUT2D eigenvalue weighted by Crippen LogP contribution is -2.40. The number of thiazole rings is 1. The number of esters is 1. The number of carbonyl (C=O) groups excluding carboxylic acids is 1. The minimum Gasteiger partial charge on any atom is -0.493 e. The highest BCUT2D eigenvalue weighted by atomic mass is 79.9. The Morgan fingerprint density at radius 1 is 1.16 bits per heavy atom. The molecule has 2 aromatic heterocycles. The zero-order valence-electron chi connectivity index (χ0n) is 24.0. The maximum atomic E-state index is 14.0. The van der Waals surface area contributed by atoms with Gasteiger partial charge in [0.1, 0.15) is 11.5 Å². The van der Waals surface area contributed by atoms with Crippen LogP contribution >= 0.6 is 38.9 Å². The summed E-state index contributed by atoms with van der Waals surface area (Å²) in [6, 6.07) is 10.2. The van der Waals surface area contributed by atoms with Crippen molar-refractivity contribution in [3.8, 4) is 22.8 Å². The molecule has 0 bridgehead atoms. The molecule has 13 heteroatoms. The van der Waals surface area contributed by atoms with E-state index < -0.39 is 23.5 Å². The first kappa shape index (κ1) is 31.3. The van der Waals surface area contributed by atoms with Gasteiger partial charge in [-0.1, -0.05) is 38.9 Å². The molecule has 0 saturated carbocycles. The zero-order valence-corrected chi connectivity index (χ0v) is 27.1. The van der Waals surface area contributed by atoms with Crippen molar-refractivity contribution < 1.29 is 33.3 Å². The van der Waals surface area contributed by atoms with Gasteiger partial charge in [0, 0.05) is 16.1 Å². The van der Waals surface area contributed by atoms with Crippen LogP contribution in [0, 0.1) is 0 Å². The summed E-state index contributed by atoms with van der Waals surface area (Å²) in [5.41, 5.74) is 1.25. The first-order valence-electron chi connectivity index (χ1n) is 13.4. The number of rotatable bonds is 9. The van der Waals surface area contributed by atoms with E-state index in [0.717, 1.165) is 11.3 Å². The Hall–Kier alpha value is -4.13. The number of carboxylic acid groups (broad SMARTS) is 1. The van der Waals surface area contributed by atoms with Gasteiger partial charge in [0.25, 0.3) is 5.56 Å². The highest BCUT2D eigenvalue weighted by Crippen LogP contribution is 2.41. The lowest BCUT2D eigenvalue weighted by Gasteiger charge is -2.26. The summed E-state index contributed by atoms with van der Waals surface area (Å²) >= 11 is 11.1. The van der Waals surface area contributed by atoms with Gasteiger partial charge >= 0.3 is 11.9 Å². The average Bonchev–Trinajstić information content (AvgIpc) is 3.57. The fourth-order valence-corrected chi connectivity index (χ4v) is 6.60. The normalized spacial score (nSPS) is 14.7. The van der Waals surface area contributed by atoms with E-state index in [0.29, 0.717) is 65.3 Å². The summed E-state index contributed by atoms with van der Waals surface area (Å²) < 4.78 is 25.0. The van der Waals surface area contributed by atoms with Crippen LogP contribution in [0.1, 0.15) is 48.5 Å². The molecule has 0 radical (unpaired) electrons. The number of nitrogens with zero attached hydrogens (tertiary/aromatic N) is 2. The van der Waals surface area contributed by atoms with Crippen molar-refractivity contribution in [3.05, 3.63) is 99.8 Å². The molecular weight excluding hydrogens is 676 g/mol. The Balaban J connectivity index is 1.67. The topological polar surface area (TPSA) is 130 Å². The molecule has 4 aromatic rings. The summed E-state index contributed by atoms with van der Waals surface area (Å²) in [4.78, 5) is 43.8. The van der Waals surface area contributed by atoms with Gasteiger partial charge in [0.2, 0.25) is 0 Å². The zero-order chi connectivity index (χ0) is 31.7. The number of ether oxygens (including phenoxy) is 3. The number of carboxylic acids is 1. The summed E-state index contributed by atoms with van der Waals surface area (Å²) in [5.74, 6) is -0.0916. The SMILES string of the molecule is CCOC(=O)C1=C(C)N=c2s/c(=C/c3ccc(-c4cc(C(=O)O)ccc4Cl)o3)c(=O)n2[C@H]1c1cc(OC)c(OCC)cc1Br.